The second-order valence-corrected chi connectivity index (χ2v) is 7.88. The van der Waals surface area contributed by atoms with Crippen LogP contribution in [0.1, 0.15) is 60.8 Å². The van der Waals surface area contributed by atoms with Gasteiger partial charge >= 0.3 is 0 Å². The maximum Gasteiger partial charge on any atom is 0.275 e. The van der Waals surface area contributed by atoms with Crippen LogP contribution in [0.15, 0.2) is 16.0 Å². The van der Waals surface area contributed by atoms with E-state index in [9.17, 15) is 4.79 Å². The fourth-order valence-electron chi connectivity index (χ4n) is 1.80. The molecule has 19 heavy (non-hydrogen) atoms. The van der Waals surface area contributed by atoms with Crippen molar-refractivity contribution in [2.45, 2.75) is 60.8 Å². The Hall–Kier alpha value is -0.440. The Morgan fingerprint density at radius 3 is 2.11 bits per heavy atom. The maximum absolute atomic E-state index is 12.0. The first-order valence-electron chi connectivity index (χ1n) is 7.45. The molecule has 0 aliphatic rings. The van der Waals surface area contributed by atoms with E-state index in [1.54, 1.807) is 6.08 Å². The molecule has 0 fully saturated rings. The summed E-state index contributed by atoms with van der Waals surface area (Å²) in [5.74, 6) is 3.24. The lowest BCUT2D eigenvalue weighted by Crippen LogP contribution is -2.13. The Labute approximate surface area is 122 Å². The van der Waals surface area contributed by atoms with Gasteiger partial charge in [-0.2, -0.15) is 4.36 Å². The predicted octanol–water partition coefficient (Wildman–Crippen LogP) is 4.76. The Balaban J connectivity index is 4.67. The molecule has 0 N–H and O–H groups in total. The molecule has 0 saturated heterocycles. The molecule has 0 rings (SSSR count). The first-order valence-corrected chi connectivity index (χ1v) is 8.97. The van der Waals surface area contributed by atoms with Gasteiger partial charge in [-0.3, -0.25) is 4.79 Å². The van der Waals surface area contributed by atoms with E-state index in [2.05, 4.69) is 39.0 Å². The van der Waals surface area contributed by atoms with E-state index >= 15 is 0 Å². The molecule has 2 nitrogen and oxygen atoms in total. The van der Waals surface area contributed by atoms with Gasteiger partial charge in [-0.15, -0.1) is 0 Å². The normalized spacial score (nSPS) is 12.6. The van der Waals surface area contributed by atoms with Gasteiger partial charge in [0, 0.05) is 17.6 Å². The van der Waals surface area contributed by atoms with Crippen LogP contribution in [0.4, 0.5) is 0 Å². The number of nitrogens with zero attached hydrogens (tertiary/aromatic N) is 1. The number of hydrogen-bond donors (Lipinski definition) is 0. The molecule has 1 amide bonds. The summed E-state index contributed by atoms with van der Waals surface area (Å²) < 4.78 is 4.42. The van der Waals surface area contributed by atoms with Crippen LogP contribution in [-0.4, -0.2) is 17.4 Å². The minimum atomic E-state index is -0.106. The number of allylic oxidation sites excluding steroid dienone is 1. The lowest BCUT2D eigenvalue weighted by atomic mass is 10.1. The Bertz CT molecular complexity index is 318. The van der Waals surface area contributed by atoms with Crippen molar-refractivity contribution in [1.82, 2.24) is 0 Å². The second-order valence-electron chi connectivity index (χ2n) is 6.11. The van der Waals surface area contributed by atoms with E-state index in [4.69, 9.17) is 0 Å². The van der Waals surface area contributed by atoms with E-state index in [0.717, 1.165) is 29.9 Å². The van der Waals surface area contributed by atoms with Crippen LogP contribution >= 0.6 is 0 Å². The molecular weight excluding hydrogens is 254 g/mol. The lowest BCUT2D eigenvalue weighted by Gasteiger charge is -2.12. The Morgan fingerprint density at radius 2 is 1.68 bits per heavy atom. The smallest absolute Gasteiger partial charge is 0.267 e. The summed E-state index contributed by atoms with van der Waals surface area (Å²) in [5, 5.41) is 0. The van der Waals surface area contributed by atoms with Gasteiger partial charge in [-0.05, 0) is 31.6 Å². The van der Waals surface area contributed by atoms with Gasteiger partial charge in [0.1, 0.15) is 0 Å². The van der Waals surface area contributed by atoms with E-state index in [1.807, 2.05) is 6.92 Å². The second kappa shape index (κ2) is 10.4. The minimum absolute atomic E-state index is 0.0294. The van der Waals surface area contributed by atoms with Crippen LogP contribution in [-0.2, 0) is 15.5 Å². The van der Waals surface area contributed by atoms with E-state index in [0.29, 0.717) is 11.8 Å². The molecule has 0 aromatic carbocycles. The van der Waals surface area contributed by atoms with Crippen molar-refractivity contribution in [3.8, 4) is 0 Å². The van der Waals surface area contributed by atoms with Gasteiger partial charge in [-0.1, -0.05) is 57.3 Å². The van der Waals surface area contributed by atoms with Crippen LogP contribution in [0.2, 0.25) is 0 Å². The third-order valence-electron chi connectivity index (χ3n) is 2.57. The van der Waals surface area contributed by atoms with Gasteiger partial charge in [0.15, 0.2) is 0 Å². The zero-order chi connectivity index (χ0) is 14.8. The van der Waals surface area contributed by atoms with Crippen molar-refractivity contribution in [3.05, 3.63) is 11.6 Å². The molecule has 0 atom stereocenters. The van der Waals surface area contributed by atoms with E-state index in [1.165, 1.54) is 6.42 Å². The molecular formula is C16H31NOS. The van der Waals surface area contributed by atoms with Crippen molar-refractivity contribution in [2.24, 2.45) is 16.2 Å². The summed E-state index contributed by atoms with van der Waals surface area (Å²) in [7, 11) is -0.106. The summed E-state index contributed by atoms with van der Waals surface area (Å²) in [6.45, 7) is 13.0. The van der Waals surface area contributed by atoms with Crippen LogP contribution in [0, 0.1) is 11.8 Å². The number of hydrogen-bond acceptors (Lipinski definition) is 1. The fourth-order valence-corrected chi connectivity index (χ4v) is 3.94. The highest BCUT2D eigenvalue weighted by molar-refractivity contribution is 7.87. The average molecular weight is 285 g/mol. The highest BCUT2D eigenvalue weighted by atomic mass is 32.2. The van der Waals surface area contributed by atoms with Gasteiger partial charge in [0.25, 0.3) is 5.91 Å². The summed E-state index contributed by atoms with van der Waals surface area (Å²) >= 11 is 0. The minimum Gasteiger partial charge on any atom is -0.267 e. The molecule has 0 heterocycles. The zero-order valence-corrected chi connectivity index (χ0v) is 14.3. The molecule has 0 aromatic rings. The summed E-state index contributed by atoms with van der Waals surface area (Å²) in [6, 6.07) is 0. The van der Waals surface area contributed by atoms with Crippen LogP contribution in [0.25, 0.3) is 0 Å². The van der Waals surface area contributed by atoms with Crippen LogP contribution in [0.3, 0.4) is 0 Å². The number of carbonyl (C=O) groups excluding carboxylic acids is 1. The monoisotopic (exact) mass is 285 g/mol. The molecule has 0 saturated carbocycles. The number of amides is 1. The number of unbranched alkanes of at least 4 members (excludes halogenated alkanes) is 1. The number of carbonyl (C=O) groups is 1. The molecule has 0 aliphatic carbocycles. The maximum atomic E-state index is 12.0. The van der Waals surface area contributed by atoms with Crippen molar-refractivity contribution in [2.75, 3.05) is 11.5 Å². The predicted molar refractivity (Wildman–Crippen MR) is 87.5 cm³/mol. The Morgan fingerprint density at radius 1 is 1.16 bits per heavy atom. The van der Waals surface area contributed by atoms with E-state index in [-0.39, 0.29) is 16.6 Å². The van der Waals surface area contributed by atoms with Gasteiger partial charge in [-0.25, -0.2) is 0 Å². The summed E-state index contributed by atoms with van der Waals surface area (Å²) in [4.78, 5) is 12.0. The topological polar surface area (TPSA) is 29.4 Å². The number of rotatable bonds is 8. The summed E-state index contributed by atoms with van der Waals surface area (Å²) in [6.07, 6.45) is 5.07. The quantitative estimate of drug-likeness (QED) is 0.591. The largest absolute Gasteiger partial charge is 0.275 e. The van der Waals surface area contributed by atoms with Crippen molar-refractivity contribution < 1.29 is 4.79 Å². The highest BCUT2D eigenvalue weighted by Crippen LogP contribution is 2.09. The average Bonchev–Trinajstić information content (AvgIpc) is 2.23. The van der Waals surface area contributed by atoms with Crippen LogP contribution < -0.4 is 0 Å². The molecule has 0 radical (unpaired) electrons. The molecule has 0 aliphatic heterocycles. The van der Waals surface area contributed by atoms with Crippen molar-refractivity contribution in [3.63, 3.8) is 0 Å². The Kier molecular flexibility index (Phi) is 10.1. The molecule has 0 bridgehead atoms. The molecule has 0 spiro atoms. The highest BCUT2D eigenvalue weighted by Gasteiger charge is 2.06. The molecule has 3 heteroatoms. The lowest BCUT2D eigenvalue weighted by molar-refractivity contribution is -0.113. The molecule has 0 aromatic heterocycles. The van der Waals surface area contributed by atoms with Crippen molar-refractivity contribution >= 4 is 16.6 Å². The molecule has 0 unspecified atom stereocenters. The zero-order valence-electron chi connectivity index (χ0n) is 13.5. The van der Waals surface area contributed by atoms with Gasteiger partial charge in [0.2, 0.25) is 0 Å². The fraction of sp³-hybridized carbons (Fsp3) is 0.812. The van der Waals surface area contributed by atoms with Crippen molar-refractivity contribution in [1.29, 1.82) is 0 Å². The summed E-state index contributed by atoms with van der Waals surface area (Å²) in [5.41, 5.74) is 1.16. The first-order chi connectivity index (χ1) is 8.85. The first kappa shape index (κ1) is 18.6. The standard InChI is InChI=1S/C16H31NOS/c1-7-8-9-15(6)10-16(18)17-19(11-13(2)3)12-14(4)5/h10,13-14H,7-9,11-12H2,1-6H3. The van der Waals surface area contributed by atoms with Crippen LogP contribution in [0.5, 0.6) is 0 Å². The molecule has 112 valence electrons. The van der Waals surface area contributed by atoms with Gasteiger partial charge < -0.3 is 0 Å². The third-order valence-corrected chi connectivity index (χ3v) is 5.11. The SMILES string of the molecule is CCCCC(C)=CC(=O)N=S(CC(C)C)CC(C)C. The third kappa shape index (κ3) is 11.1. The van der Waals surface area contributed by atoms with E-state index < -0.39 is 0 Å². The van der Waals surface area contributed by atoms with Gasteiger partial charge in [0.05, 0.1) is 0 Å².